The van der Waals surface area contributed by atoms with Crippen molar-refractivity contribution in [3.8, 4) is 5.75 Å². The molecule has 3 aromatic rings. The number of carbonyl (C=O) groups is 1. The molecule has 41 heavy (non-hydrogen) atoms. The SMILES string of the molecule is COC(=O)c1cc(OC)c2nc(N3C4CC[C@H]3C[C@H](OCc3c(C5CCC6(CC5)CC6)noc3C3CC3)C4)sc2c1. The third-order valence-corrected chi connectivity index (χ3v) is 11.7. The van der Waals surface area contributed by atoms with Gasteiger partial charge in [-0.25, -0.2) is 9.78 Å². The molecule has 4 heterocycles. The molecule has 9 heteroatoms. The standard InChI is InChI=1S/C32H39N3O5S/c1-37-25-13-20(30(36)38-2)14-26-28(25)33-31(41-26)35-21-5-6-22(35)16-23(15-21)39-17-24-27(34-40-29(24)19-3-4-19)18-7-9-32(10-8-18)11-12-32/h13-14,18-19,21-23H,3-12,15-17H2,1-2H3/t21-,22?,23-/m0/s1. The number of hydrogen-bond acceptors (Lipinski definition) is 9. The van der Waals surface area contributed by atoms with Crippen LogP contribution in [0.2, 0.25) is 0 Å². The highest BCUT2D eigenvalue weighted by atomic mass is 32.1. The van der Waals surface area contributed by atoms with Gasteiger partial charge in [0.1, 0.15) is 17.0 Å². The molecule has 1 aromatic carbocycles. The Morgan fingerprint density at radius 1 is 1.02 bits per heavy atom. The third-order valence-electron chi connectivity index (χ3n) is 10.7. The number of benzene rings is 1. The predicted molar refractivity (Wildman–Crippen MR) is 156 cm³/mol. The van der Waals surface area contributed by atoms with Crippen LogP contribution in [0.5, 0.6) is 5.75 Å². The Kier molecular flexibility index (Phi) is 6.33. The van der Waals surface area contributed by atoms with Crippen LogP contribution >= 0.6 is 11.3 Å². The molecule has 1 spiro atoms. The minimum Gasteiger partial charge on any atom is -0.494 e. The van der Waals surface area contributed by atoms with Gasteiger partial charge >= 0.3 is 5.97 Å². The topological polar surface area (TPSA) is 86.9 Å². The number of ether oxygens (including phenoxy) is 3. The van der Waals surface area contributed by atoms with E-state index in [0.29, 0.717) is 47.3 Å². The lowest BCUT2D eigenvalue weighted by atomic mass is 9.77. The zero-order chi connectivity index (χ0) is 27.7. The number of esters is 1. The molecule has 2 saturated heterocycles. The van der Waals surface area contributed by atoms with Crippen molar-refractivity contribution in [2.24, 2.45) is 5.41 Å². The van der Waals surface area contributed by atoms with Gasteiger partial charge in [-0.15, -0.1) is 0 Å². The molecule has 3 aliphatic carbocycles. The summed E-state index contributed by atoms with van der Waals surface area (Å²) in [7, 11) is 3.02. The Hall–Kier alpha value is -2.65. The second-order valence-electron chi connectivity index (χ2n) is 13.2. The molecule has 2 bridgehead atoms. The van der Waals surface area contributed by atoms with Gasteiger partial charge in [-0.3, -0.25) is 0 Å². The number of carbonyl (C=O) groups excluding carboxylic acids is 1. The van der Waals surface area contributed by atoms with Gasteiger partial charge in [0, 0.05) is 29.5 Å². The third kappa shape index (κ3) is 4.63. The first-order valence-electron chi connectivity index (χ1n) is 15.5. The summed E-state index contributed by atoms with van der Waals surface area (Å²) in [6, 6.07) is 4.40. The van der Waals surface area contributed by atoms with Crippen LogP contribution in [0.4, 0.5) is 5.13 Å². The van der Waals surface area contributed by atoms with E-state index in [9.17, 15) is 4.79 Å². The van der Waals surface area contributed by atoms with Crippen molar-refractivity contribution in [1.82, 2.24) is 10.1 Å². The van der Waals surface area contributed by atoms with Gasteiger partial charge < -0.3 is 23.6 Å². The minimum absolute atomic E-state index is 0.231. The predicted octanol–water partition coefficient (Wildman–Crippen LogP) is 7.11. The lowest BCUT2D eigenvalue weighted by Gasteiger charge is -2.38. The van der Waals surface area contributed by atoms with Crippen LogP contribution in [0.3, 0.4) is 0 Å². The second kappa shape index (κ2) is 9.97. The van der Waals surface area contributed by atoms with E-state index >= 15 is 0 Å². The van der Waals surface area contributed by atoms with Crippen LogP contribution in [-0.4, -0.2) is 48.5 Å². The molecule has 2 aromatic heterocycles. The Balaban J connectivity index is 0.979. The normalized spacial score (nSPS) is 27.1. The number of anilines is 1. The molecule has 8 nitrogen and oxygen atoms in total. The average Bonchev–Trinajstić information content (AvgIpc) is 3.87. The quantitative estimate of drug-likeness (QED) is 0.262. The maximum Gasteiger partial charge on any atom is 0.338 e. The van der Waals surface area contributed by atoms with Crippen LogP contribution < -0.4 is 9.64 Å². The summed E-state index contributed by atoms with van der Waals surface area (Å²) < 4.78 is 24.2. The molecule has 8 rings (SSSR count). The second-order valence-corrected chi connectivity index (χ2v) is 14.2. The van der Waals surface area contributed by atoms with E-state index in [4.69, 9.17) is 23.7 Å². The van der Waals surface area contributed by atoms with Crippen molar-refractivity contribution in [1.29, 1.82) is 0 Å². The van der Waals surface area contributed by atoms with Crippen molar-refractivity contribution in [2.45, 2.75) is 114 Å². The first-order valence-corrected chi connectivity index (χ1v) is 16.3. The molecule has 3 saturated carbocycles. The van der Waals surface area contributed by atoms with Crippen LogP contribution in [0.1, 0.15) is 116 Å². The molecule has 0 amide bonds. The fourth-order valence-electron chi connectivity index (χ4n) is 7.91. The van der Waals surface area contributed by atoms with Crippen molar-refractivity contribution in [2.75, 3.05) is 19.1 Å². The highest BCUT2D eigenvalue weighted by Crippen LogP contribution is 2.59. The van der Waals surface area contributed by atoms with E-state index in [0.717, 1.165) is 46.8 Å². The minimum atomic E-state index is -0.366. The molecule has 218 valence electrons. The largest absolute Gasteiger partial charge is 0.494 e. The summed E-state index contributed by atoms with van der Waals surface area (Å²) in [5.41, 5.74) is 4.46. The van der Waals surface area contributed by atoms with Gasteiger partial charge in [0.05, 0.1) is 42.9 Å². The lowest BCUT2D eigenvalue weighted by Crippen LogP contribution is -2.45. The van der Waals surface area contributed by atoms with Crippen LogP contribution in [-0.2, 0) is 16.1 Å². The van der Waals surface area contributed by atoms with E-state index in [-0.39, 0.29) is 12.1 Å². The summed E-state index contributed by atoms with van der Waals surface area (Å²) >= 11 is 1.64. The maximum absolute atomic E-state index is 12.2. The average molecular weight is 578 g/mol. The Labute approximate surface area is 244 Å². The lowest BCUT2D eigenvalue weighted by molar-refractivity contribution is 0.0140. The molecular weight excluding hydrogens is 538 g/mol. The molecule has 1 unspecified atom stereocenters. The summed E-state index contributed by atoms with van der Waals surface area (Å²) in [5, 5.41) is 5.68. The van der Waals surface area contributed by atoms with E-state index in [1.54, 1.807) is 24.5 Å². The monoisotopic (exact) mass is 577 g/mol. The molecule has 5 aliphatic rings. The van der Waals surface area contributed by atoms with Gasteiger partial charge in [-0.2, -0.15) is 0 Å². The van der Waals surface area contributed by atoms with Gasteiger partial charge in [0.2, 0.25) is 0 Å². The van der Waals surface area contributed by atoms with E-state index in [2.05, 4.69) is 10.1 Å². The summed E-state index contributed by atoms with van der Waals surface area (Å²) in [5.74, 6) is 2.43. The van der Waals surface area contributed by atoms with Gasteiger partial charge in [0.25, 0.3) is 0 Å². The highest BCUT2D eigenvalue weighted by molar-refractivity contribution is 7.22. The number of fused-ring (bicyclic) bond motifs is 3. The fraction of sp³-hybridized carbons (Fsp3) is 0.656. The zero-order valence-electron chi connectivity index (χ0n) is 24.0. The van der Waals surface area contributed by atoms with Crippen molar-refractivity contribution in [3.63, 3.8) is 0 Å². The van der Waals surface area contributed by atoms with E-state index < -0.39 is 0 Å². The molecule has 0 radical (unpaired) electrons. The van der Waals surface area contributed by atoms with Crippen molar-refractivity contribution >= 4 is 32.7 Å². The number of thiazole rings is 1. The first-order chi connectivity index (χ1) is 20.0. The summed E-state index contributed by atoms with van der Waals surface area (Å²) in [4.78, 5) is 19.7. The van der Waals surface area contributed by atoms with Crippen molar-refractivity contribution in [3.05, 3.63) is 34.7 Å². The highest BCUT2D eigenvalue weighted by Gasteiger charge is 2.47. The molecule has 2 aliphatic heterocycles. The van der Waals surface area contributed by atoms with Crippen LogP contribution in [0.15, 0.2) is 16.7 Å². The summed E-state index contributed by atoms with van der Waals surface area (Å²) in [6.45, 7) is 0.630. The summed E-state index contributed by atoms with van der Waals surface area (Å²) in [6.07, 6.45) is 15.0. The first kappa shape index (κ1) is 26.0. The Morgan fingerprint density at radius 3 is 2.44 bits per heavy atom. The Morgan fingerprint density at radius 2 is 1.78 bits per heavy atom. The molecule has 5 fully saturated rings. The number of aromatic nitrogens is 2. The number of methoxy groups -OCH3 is 2. The van der Waals surface area contributed by atoms with Crippen LogP contribution in [0.25, 0.3) is 10.2 Å². The number of hydrogen-bond donors (Lipinski definition) is 0. The number of rotatable bonds is 8. The van der Waals surface area contributed by atoms with Gasteiger partial charge in [-0.1, -0.05) is 16.5 Å². The fourth-order valence-corrected chi connectivity index (χ4v) is 9.08. The van der Waals surface area contributed by atoms with E-state index in [1.165, 1.54) is 69.7 Å². The molecular formula is C32H39N3O5S. The zero-order valence-corrected chi connectivity index (χ0v) is 24.8. The number of piperidine rings is 1. The maximum atomic E-state index is 12.2. The smallest absolute Gasteiger partial charge is 0.338 e. The molecule has 3 atom stereocenters. The molecule has 0 N–H and O–H groups in total. The van der Waals surface area contributed by atoms with Crippen molar-refractivity contribution < 1.29 is 23.5 Å². The van der Waals surface area contributed by atoms with Gasteiger partial charge in [0.15, 0.2) is 5.13 Å². The Bertz CT molecular complexity index is 1450. The van der Waals surface area contributed by atoms with E-state index in [1.807, 2.05) is 6.07 Å². The number of nitrogens with zero attached hydrogens (tertiary/aromatic N) is 3. The van der Waals surface area contributed by atoms with Gasteiger partial charge in [-0.05, 0) is 94.6 Å². The van der Waals surface area contributed by atoms with Crippen LogP contribution in [0, 0.1) is 5.41 Å².